The highest BCUT2D eigenvalue weighted by molar-refractivity contribution is 5.93. The van der Waals surface area contributed by atoms with Crippen LogP contribution in [-0.2, 0) is 4.79 Å². The summed E-state index contributed by atoms with van der Waals surface area (Å²) in [5.41, 5.74) is 0.804. The Hall–Kier alpha value is -1.78. The summed E-state index contributed by atoms with van der Waals surface area (Å²) in [6, 6.07) is 1.61. The molecule has 0 unspecified atom stereocenters. The van der Waals surface area contributed by atoms with Gasteiger partial charge in [0.15, 0.2) is 5.76 Å². The molecule has 5 nitrogen and oxygen atoms in total. The topological polar surface area (TPSA) is 70.8 Å². The van der Waals surface area contributed by atoms with Gasteiger partial charge in [-0.2, -0.15) is 0 Å². The Labute approximate surface area is 105 Å². The Balaban J connectivity index is 2.17. The molecule has 0 radical (unpaired) electrons. The standard InChI is InChI=1S/C13H17NO4/c1-8-6-9(2)18-12(8)13(17)14-5-3-4-10(14)7-11(15)16/h6,10H,3-5,7H2,1-2H3,(H,15,16)/t10-/m1/s1. The fourth-order valence-electron chi connectivity index (χ4n) is 2.50. The third-order valence-electron chi connectivity index (χ3n) is 3.28. The molecule has 1 aromatic rings. The predicted molar refractivity (Wildman–Crippen MR) is 64.5 cm³/mol. The van der Waals surface area contributed by atoms with E-state index in [0.717, 1.165) is 18.4 Å². The van der Waals surface area contributed by atoms with Crippen LogP contribution in [0.25, 0.3) is 0 Å². The third-order valence-corrected chi connectivity index (χ3v) is 3.28. The maximum absolute atomic E-state index is 12.3. The molecule has 0 spiro atoms. The van der Waals surface area contributed by atoms with E-state index in [9.17, 15) is 9.59 Å². The monoisotopic (exact) mass is 251 g/mol. The first kappa shape index (κ1) is 12.7. The van der Waals surface area contributed by atoms with Crippen molar-refractivity contribution < 1.29 is 19.1 Å². The van der Waals surface area contributed by atoms with E-state index >= 15 is 0 Å². The van der Waals surface area contributed by atoms with Gasteiger partial charge < -0.3 is 14.4 Å². The van der Waals surface area contributed by atoms with Crippen molar-refractivity contribution in [3.8, 4) is 0 Å². The molecule has 1 atom stereocenters. The molecule has 1 amide bonds. The van der Waals surface area contributed by atoms with E-state index < -0.39 is 5.97 Å². The minimum absolute atomic E-state index is 0.00444. The molecular formula is C13H17NO4. The quantitative estimate of drug-likeness (QED) is 0.891. The molecular weight excluding hydrogens is 234 g/mol. The van der Waals surface area contributed by atoms with Crippen LogP contribution in [0.4, 0.5) is 0 Å². The van der Waals surface area contributed by atoms with Crippen molar-refractivity contribution in [3.05, 3.63) is 23.2 Å². The van der Waals surface area contributed by atoms with Crippen LogP contribution in [0.1, 0.15) is 41.1 Å². The fourth-order valence-corrected chi connectivity index (χ4v) is 2.50. The van der Waals surface area contributed by atoms with Gasteiger partial charge in [0.2, 0.25) is 0 Å². The highest BCUT2D eigenvalue weighted by Gasteiger charge is 2.33. The molecule has 1 N–H and O–H groups in total. The molecule has 0 saturated carbocycles. The number of aryl methyl sites for hydroxylation is 2. The summed E-state index contributed by atoms with van der Waals surface area (Å²) in [5.74, 6) is -0.0222. The first-order valence-electron chi connectivity index (χ1n) is 6.09. The molecule has 1 aromatic heterocycles. The number of hydrogen-bond donors (Lipinski definition) is 1. The second-order valence-electron chi connectivity index (χ2n) is 4.76. The van der Waals surface area contributed by atoms with E-state index in [1.165, 1.54) is 0 Å². The van der Waals surface area contributed by atoms with Gasteiger partial charge in [-0.1, -0.05) is 0 Å². The molecule has 2 heterocycles. The summed E-state index contributed by atoms with van der Waals surface area (Å²) in [4.78, 5) is 24.7. The van der Waals surface area contributed by atoms with Crippen molar-refractivity contribution in [3.63, 3.8) is 0 Å². The predicted octanol–water partition coefficient (Wildman–Crippen LogP) is 1.98. The number of carboxylic acids is 1. The van der Waals surface area contributed by atoms with E-state index in [-0.39, 0.29) is 18.4 Å². The van der Waals surface area contributed by atoms with Crippen molar-refractivity contribution in [2.75, 3.05) is 6.54 Å². The summed E-state index contributed by atoms with van der Waals surface area (Å²) in [6.45, 7) is 4.23. The second kappa shape index (κ2) is 4.84. The molecule has 18 heavy (non-hydrogen) atoms. The summed E-state index contributed by atoms with van der Waals surface area (Å²) >= 11 is 0. The summed E-state index contributed by atoms with van der Waals surface area (Å²) < 4.78 is 5.40. The average molecular weight is 251 g/mol. The van der Waals surface area contributed by atoms with Crippen LogP contribution < -0.4 is 0 Å². The molecule has 1 aliphatic heterocycles. The van der Waals surface area contributed by atoms with Crippen LogP contribution in [0.15, 0.2) is 10.5 Å². The zero-order valence-corrected chi connectivity index (χ0v) is 10.6. The maximum Gasteiger partial charge on any atom is 0.305 e. The van der Waals surface area contributed by atoms with Gasteiger partial charge in [0.05, 0.1) is 6.42 Å². The highest BCUT2D eigenvalue weighted by atomic mass is 16.4. The van der Waals surface area contributed by atoms with Crippen LogP contribution in [-0.4, -0.2) is 34.5 Å². The molecule has 0 aromatic carbocycles. The van der Waals surface area contributed by atoms with Crippen LogP contribution in [0.5, 0.6) is 0 Å². The minimum atomic E-state index is -0.868. The molecule has 98 valence electrons. The molecule has 1 aliphatic rings. The van der Waals surface area contributed by atoms with E-state index in [0.29, 0.717) is 18.1 Å². The first-order chi connectivity index (χ1) is 8.49. The number of nitrogens with zero attached hydrogens (tertiary/aromatic N) is 1. The number of hydrogen-bond acceptors (Lipinski definition) is 3. The van der Waals surface area contributed by atoms with Gasteiger partial charge in [-0.05, 0) is 32.8 Å². The number of rotatable bonds is 3. The van der Waals surface area contributed by atoms with Gasteiger partial charge in [0.25, 0.3) is 5.91 Å². The fraction of sp³-hybridized carbons (Fsp3) is 0.538. The SMILES string of the molecule is Cc1cc(C)c(C(=O)N2CCC[C@@H]2CC(=O)O)o1. The van der Waals surface area contributed by atoms with Crippen LogP contribution in [0.2, 0.25) is 0 Å². The van der Waals surface area contributed by atoms with Crippen molar-refractivity contribution in [2.24, 2.45) is 0 Å². The Morgan fingerprint density at radius 2 is 2.22 bits per heavy atom. The number of aliphatic carboxylic acids is 1. The van der Waals surface area contributed by atoms with Gasteiger partial charge in [-0.15, -0.1) is 0 Å². The summed E-state index contributed by atoms with van der Waals surface area (Å²) in [6.07, 6.45) is 1.60. The van der Waals surface area contributed by atoms with E-state index in [1.54, 1.807) is 11.8 Å². The van der Waals surface area contributed by atoms with Crippen molar-refractivity contribution in [2.45, 2.75) is 39.2 Å². The van der Waals surface area contributed by atoms with Crippen molar-refractivity contribution >= 4 is 11.9 Å². The molecule has 2 rings (SSSR count). The zero-order valence-electron chi connectivity index (χ0n) is 10.6. The number of carbonyl (C=O) groups excluding carboxylic acids is 1. The number of amides is 1. The van der Waals surface area contributed by atoms with Gasteiger partial charge in [0, 0.05) is 18.2 Å². The second-order valence-corrected chi connectivity index (χ2v) is 4.76. The number of carboxylic acid groups (broad SMARTS) is 1. The molecule has 1 fully saturated rings. The molecule has 0 bridgehead atoms. The largest absolute Gasteiger partial charge is 0.481 e. The lowest BCUT2D eigenvalue weighted by Gasteiger charge is -2.22. The average Bonchev–Trinajstić information content (AvgIpc) is 2.83. The number of carbonyl (C=O) groups is 2. The number of furan rings is 1. The minimum Gasteiger partial charge on any atom is -0.481 e. The first-order valence-corrected chi connectivity index (χ1v) is 6.09. The lowest BCUT2D eigenvalue weighted by molar-refractivity contribution is -0.137. The Bertz CT molecular complexity index is 477. The van der Waals surface area contributed by atoms with Crippen molar-refractivity contribution in [1.82, 2.24) is 4.90 Å². The van der Waals surface area contributed by atoms with Gasteiger partial charge in [-0.25, -0.2) is 0 Å². The number of likely N-dealkylation sites (tertiary alicyclic amines) is 1. The Morgan fingerprint density at radius 1 is 1.50 bits per heavy atom. The van der Waals surface area contributed by atoms with Crippen LogP contribution >= 0.6 is 0 Å². The lowest BCUT2D eigenvalue weighted by Crippen LogP contribution is -2.36. The van der Waals surface area contributed by atoms with Crippen LogP contribution in [0, 0.1) is 13.8 Å². The summed E-state index contributed by atoms with van der Waals surface area (Å²) in [7, 11) is 0. The molecule has 0 aliphatic carbocycles. The normalized spacial score (nSPS) is 19.2. The van der Waals surface area contributed by atoms with Gasteiger partial charge in [0.1, 0.15) is 5.76 Å². The summed E-state index contributed by atoms with van der Waals surface area (Å²) in [5, 5.41) is 8.84. The van der Waals surface area contributed by atoms with Gasteiger partial charge >= 0.3 is 5.97 Å². The highest BCUT2D eigenvalue weighted by Crippen LogP contribution is 2.24. The smallest absolute Gasteiger partial charge is 0.305 e. The Morgan fingerprint density at radius 3 is 2.78 bits per heavy atom. The van der Waals surface area contributed by atoms with Crippen LogP contribution in [0.3, 0.4) is 0 Å². The zero-order chi connectivity index (χ0) is 13.3. The molecule has 5 heteroatoms. The van der Waals surface area contributed by atoms with E-state index in [1.807, 2.05) is 13.0 Å². The third kappa shape index (κ3) is 2.39. The maximum atomic E-state index is 12.3. The van der Waals surface area contributed by atoms with Crippen molar-refractivity contribution in [1.29, 1.82) is 0 Å². The van der Waals surface area contributed by atoms with Gasteiger partial charge in [-0.3, -0.25) is 9.59 Å². The Kier molecular flexibility index (Phi) is 3.41. The van der Waals surface area contributed by atoms with E-state index in [2.05, 4.69) is 0 Å². The lowest BCUT2D eigenvalue weighted by atomic mass is 10.1. The molecule has 1 saturated heterocycles. The van der Waals surface area contributed by atoms with E-state index in [4.69, 9.17) is 9.52 Å².